The normalized spacial score (nSPS) is 29.2. The summed E-state index contributed by atoms with van der Waals surface area (Å²) < 4.78 is 10.7. The number of allylic oxidation sites excluding steroid dienone is 2. The molecule has 1 aliphatic rings. The third kappa shape index (κ3) is 2.32. The third-order valence-corrected chi connectivity index (χ3v) is 3.00. The van der Waals surface area contributed by atoms with Crippen molar-refractivity contribution in [2.75, 3.05) is 14.2 Å². The van der Waals surface area contributed by atoms with E-state index in [1.54, 1.807) is 14.2 Å². The van der Waals surface area contributed by atoms with Gasteiger partial charge in [0.1, 0.15) is 0 Å². The minimum absolute atomic E-state index is 0.0724. The first kappa shape index (κ1) is 10.7. The molecule has 0 aromatic rings. The molecule has 0 radical (unpaired) electrons. The molecule has 0 aromatic carbocycles. The van der Waals surface area contributed by atoms with Gasteiger partial charge in [-0.3, -0.25) is 0 Å². The van der Waals surface area contributed by atoms with Crippen molar-refractivity contribution >= 4 is 0 Å². The van der Waals surface area contributed by atoms with Crippen molar-refractivity contribution in [3.8, 4) is 0 Å². The van der Waals surface area contributed by atoms with E-state index in [1.807, 2.05) is 0 Å². The van der Waals surface area contributed by atoms with Crippen LogP contribution in [0.2, 0.25) is 0 Å². The van der Waals surface area contributed by atoms with Crippen LogP contribution in [0, 0.1) is 5.41 Å². The van der Waals surface area contributed by atoms with E-state index in [9.17, 15) is 0 Å². The van der Waals surface area contributed by atoms with Crippen molar-refractivity contribution in [3.63, 3.8) is 0 Å². The molecule has 0 saturated carbocycles. The number of hydrogen-bond acceptors (Lipinski definition) is 2. The van der Waals surface area contributed by atoms with Gasteiger partial charge in [0.15, 0.2) is 6.29 Å². The van der Waals surface area contributed by atoms with Gasteiger partial charge in [0, 0.05) is 19.6 Å². The Morgan fingerprint density at radius 2 is 2.00 bits per heavy atom. The van der Waals surface area contributed by atoms with E-state index in [2.05, 4.69) is 19.9 Å². The van der Waals surface area contributed by atoms with Crippen LogP contribution < -0.4 is 0 Å². The first-order valence-electron chi connectivity index (χ1n) is 4.83. The van der Waals surface area contributed by atoms with Crippen LogP contribution in [0.4, 0.5) is 0 Å². The van der Waals surface area contributed by atoms with Crippen LogP contribution in [0.3, 0.4) is 0 Å². The molecule has 0 fully saturated rings. The minimum Gasteiger partial charge on any atom is -0.355 e. The molecule has 0 N–H and O–H groups in total. The first-order chi connectivity index (χ1) is 6.12. The molecular formula is C11H20O2. The van der Waals surface area contributed by atoms with Crippen molar-refractivity contribution in [2.45, 2.75) is 39.4 Å². The minimum atomic E-state index is -0.0724. The molecule has 1 atom stereocenters. The third-order valence-electron chi connectivity index (χ3n) is 3.00. The Hall–Kier alpha value is -0.340. The molecule has 13 heavy (non-hydrogen) atoms. The van der Waals surface area contributed by atoms with Crippen LogP contribution in [0.1, 0.15) is 33.1 Å². The SMILES string of the molecule is COC(OC)[C@]1(C)CC=C(C)CC1. The van der Waals surface area contributed by atoms with Gasteiger partial charge in [-0.25, -0.2) is 0 Å². The second-order valence-electron chi connectivity index (χ2n) is 4.21. The lowest BCUT2D eigenvalue weighted by Crippen LogP contribution is -2.36. The Morgan fingerprint density at radius 1 is 1.38 bits per heavy atom. The van der Waals surface area contributed by atoms with Gasteiger partial charge in [-0.2, -0.15) is 0 Å². The van der Waals surface area contributed by atoms with Crippen molar-refractivity contribution in [2.24, 2.45) is 5.41 Å². The number of rotatable bonds is 3. The van der Waals surface area contributed by atoms with E-state index in [0.29, 0.717) is 0 Å². The lowest BCUT2D eigenvalue weighted by atomic mass is 9.76. The average molecular weight is 184 g/mol. The Kier molecular flexibility index (Phi) is 3.51. The van der Waals surface area contributed by atoms with Crippen LogP contribution in [0.5, 0.6) is 0 Å². The van der Waals surface area contributed by atoms with Gasteiger partial charge in [-0.1, -0.05) is 18.6 Å². The zero-order chi connectivity index (χ0) is 9.90. The Balaban J connectivity index is 2.66. The smallest absolute Gasteiger partial charge is 0.162 e. The van der Waals surface area contributed by atoms with Gasteiger partial charge >= 0.3 is 0 Å². The molecule has 0 spiro atoms. The zero-order valence-electron chi connectivity index (χ0n) is 9.09. The summed E-state index contributed by atoms with van der Waals surface area (Å²) in [6.07, 6.45) is 5.61. The topological polar surface area (TPSA) is 18.5 Å². The van der Waals surface area contributed by atoms with Gasteiger partial charge in [-0.15, -0.1) is 0 Å². The van der Waals surface area contributed by atoms with E-state index < -0.39 is 0 Å². The highest BCUT2D eigenvalue weighted by Crippen LogP contribution is 2.39. The largest absolute Gasteiger partial charge is 0.355 e. The lowest BCUT2D eigenvalue weighted by Gasteiger charge is -2.37. The van der Waals surface area contributed by atoms with E-state index in [-0.39, 0.29) is 11.7 Å². The fraction of sp³-hybridized carbons (Fsp3) is 0.818. The van der Waals surface area contributed by atoms with Crippen molar-refractivity contribution in [1.29, 1.82) is 0 Å². The number of hydrogen-bond donors (Lipinski definition) is 0. The first-order valence-corrected chi connectivity index (χ1v) is 4.83. The van der Waals surface area contributed by atoms with Gasteiger partial charge in [0.25, 0.3) is 0 Å². The fourth-order valence-corrected chi connectivity index (χ4v) is 1.97. The molecule has 0 saturated heterocycles. The van der Waals surface area contributed by atoms with Gasteiger partial charge < -0.3 is 9.47 Å². The molecule has 0 bridgehead atoms. The van der Waals surface area contributed by atoms with Gasteiger partial charge in [-0.05, 0) is 26.2 Å². The highest BCUT2D eigenvalue weighted by atomic mass is 16.7. The van der Waals surface area contributed by atoms with Gasteiger partial charge in [0.05, 0.1) is 0 Å². The summed E-state index contributed by atoms with van der Waals surface area (Å²) in [5.41, 5.74) is 1.65. The maximum absolute atomic E-state index is 5.33. The molecule has 0 amide bonds. The van der Waals surface area contributed by atoms with E-state index >= 15 is 0 Å². The second-order valence-corrected chi connectivity index (χ2v) is 4.21. The molecule has 0 aromatic heterocycles. The quantitative estimate of drug-likeness (QED) is 0.496. The summed E-state index contributed by atoms with van der Waals surface area (Å²) in [4.78, 5) is 0. The number of methoxy groups -OCH3 is 2. The molecule has 1 aliphatic carbocycles. The Morgan fingerprint density at radius 3 is 2.38 bits per heavy atom. The molecule has 0 unspecified atom stereocenters. The molecule has 2 heteroatoms. The summed E-state index contributed by atoms with van der Waals surface area (Å²) in [6, 6.07) is 0. The molecule has 0 heterocycles. The summed E-state index contributed by atoms with van der Waals surface area (Å²) in [7, 11) is 3.43. The molecular weight excluding hydrogens is 164 g/mol. The Labute approximate surface area is 80.9 Å². The standard InChI is InChI=1S/C11H20O2/c1-9-5-7-11(2,8-6-9)10(12-3)13-4/h5,10H,6-8H2,1-4H3/t11-/m1/s1. The lowest BCUT2D eigenvalue weighted by molar-refractivity contribution is -0.175. The predicted molar refractivity (Wildman–Crippen MR) is 53.5 cm³/mol. The van der Waals surface area contributed by atoms with E-state index in [4.69, 9.17) is 9.47 Å². The van der Waals surface area contributed by atoms with E-state index in [1.165, 1.54) is 12.0 Å². The average Bonchev–Trinajstić information content (AvgIpc) is 2.13. The zero-order valence-corrected chi connectivity index (χ0v) is 9.09. The molecule has 1 rings (SSSR count). The second kappa shape index (κ2) is 4.25. The summed E-state index contributed by atoms with van der Waals surface area (Å²) in [5, 5.41) is 0. The summed E-state index contributed by atoms with van der Waals surface area (Å²) in [5.74, 6) is 0. The maximum Gasteiger partial charge on any atom is 0.162 e. The highest BCUT2D eigenvalue weighted by molar-refractivity contribution is 5.06. The molecule has 0 aliphatic heterocycles. The molecule has 2 nitrogen and oxygen atoms in total. The summed E-state index contributed by atoms with van der Waals surface area (Å²) in [6.45, 7) is 4.42. The summed E-state index contributed by atoms with van der Waals surface area (Å²) >= 11 is 0. The monoisotopic (exact) mass is 184 g/mol. The number of ether oxygens (including phenoxy) is 2. The van der Waals surface area contributed by atoms with Crippen LogP contribution in [0.15, 0.2) is 11.6 Å². The predicted octanol–water partition coefficient (Wildman–Crippen LogP) is 2.74. The van der Waals surface area contributed by atoms with Crippen LogP contribution >= 0.6 is 0 Å². The van der Waals surface area contributed by atoms with Crippen LogP contribution in [-0.2, 0) is 9.47 Å². The highest BCUT2D eigenvalue weighted by Gasteiger charge is 2.35. The Bertz CT molecular complexity index is 194. The van der Waals surface area contributed by atoms with E-state index in [0.717, 1.165) is 12.8 Å². The van der Waals surface area contributed by atoms with Crippen LogP contribution in [0.25, 0.3) is 0 Å². The maximum atomic E-state index is 5.33. The fourth-order valence-electron chi connectivity index (χ4n) is 1.97. The van der Waals surface area contributed by atoms with Crippen molar-refractivity contribution in [3.05, 3.63) is 11.6 Å². The van der Waals surface area contributed by atoms with Crippen LogP contribution in [-0.4, -0.2) is 20.5 Å². The molecule has 76 valence electrons. The van der Waals surface area contributed by atoms with Crippen molar-refractivity contribution < 1.29 is 9.47 Å². The van der Waals surface area contributed by atoms with Crippen molar-refractivity contribution in [1.82, 2.24) is 0 Å². The van der Waals surface area contributed by atoms with Gasteiger partial charge in [0.2, 0.25) is 0 Å².